The van der Waals surface area contributed by atoms with Crippen molar-refractivity contribution >= 4 is 27.8 Å². The van der Waals surface area contributed by atoms with Gasteiger partial charge in [0.05, 0.1) is 24.0 Å². The van der Waals surface area contributed by atoms with Crippen LogP contribution in [0.5, 0.6) is 0 Å². The second-order valence-corrected chi connectivity index (χ2v) is 7.76. The number of carbonyl (C=O) groups is 2. The van der Waals surface area contributed by atoms with Crippen LogP contribution in [-0.2, 0) is 14.3 Å². The molecule has 1 amide bonds. The molecule has 0 aliphatic carbocycles. The molecule has 3 rings (SSSR count). The second kappa shape index (κ2) is 6.84. The molecular weight excluding hydrogens is 374 g/mol. The summed E-state index contributed by atoms with van der Waals surface area (Å²) in [4.78, 5) is 26.3. The number of hydrogen-bond acceptors (Lipinski definition) is 3. The van der Waals surface area contributed by atoms with E-state index in [1.807, 2.05) is 38.1 Å². The fourth-order valence-electron chi connectivity index (χ4n) is 3.88. The molecule has 3 unspecified atom stereocenters. The molecular formula is C18H22BrNO4. The number of halogens is 1. The summed E-state index contributed by atoms with van der Waals surface area (Å²) in [6.45, 7) is 4.61. The predicted octanol–water partition coefficient (Wildman–Crippen LogP) is 2.89. The van der Waals surface area contributed by atoms with Gasteiger partial charge in [-0.1, -0.05) is 28.1 Å². The zero-order valence-electron chi connectivity index (χ0n) is 13.8. The Kier molecular flexibility index (Phi) is 4.97. The molecule has 0 aromatic heterocycles. The Morgan fingerprint density at radius 1 is 1.17 bits per heavy atom. The maximum Gasteiger partial charge on any atom is 0.308 e. The number of carboxylic acids is 1. The first kappa shape index (κ1) is 17.4. The van der Waals surface area contributed by atoms with Crippen molar-refractivity contribution in [1.29, 1.82) is 0 Å². The van der Waals surface area contributed by atoms with Crippen molar-refractivity contribution < 1.29 is 19.4 Å². The number of aliphatic carboxylic acids is 1. The summed E-state index contributed by atoms with van der Waals surface area (Å²) in [6, 6.07) is 7.69. The van der Waals surface area contributed by atoms with Gasteiger partial charge in [0.15, 0.2) is 0 Å². The maximum atomic E-state index is 12.8. The third-order valence-electron chi connectivity index (χ3n) is 5.16. The Hall–Kier alpha value is -1.40. The number of benzene rings is 1. The fraction of sp³-hybridized carbons (Fsp3) is 0.556. The lowest BCUT2D eigenvalue weighted by atomic mass is 9.89. The van der Waals surface area contributed by atoms with Crippen molar-refractivity contribution in [2.24, 2.45) is 11.8 Å². The summed E-state index contributed by atoms with van der Waals surface area (Å²) < 4.78 is 6.64. The molecule has 2 heterocycles. The van der Waals surface area contributed by atoms with Crippen LogP contribution < -0.4 is 0 Å². The molecule has 0 spiro atoms. The van der Waals surface area contributed by atoms with E-state index >= 15 is 0 Å². The highest BCUT2D eigenvalue weighted by Crippen LogP contribution is 2.36. The number of ether oxygens (including phenoxy) is 1. The molecule has 0 radical (unpaired) electrons. The Bertz CT molecular complexity index is 632. The van der Waals surface area contributed by atoms with Gasteiger partial charge < -0.3 is 14.7 Å². The average Bonchev–Trinajstić information content (AvgIpc) is 3.11. The lowest BCUT2D eigenvalue weighted by molar-refractivity contribution is -0.142. The van der Waals surface area contributed by atoms with Gasteiger partial charge in [0.2, 0.25) is 5.91 Å². The molecule has 2 aliphatic heterocycles. The first-order valence-electron chi connectivity index (χ1n) is 8.29. The number of rotatable bonds is 3. The van der Waals surface area contributed by atoms with Crippen molar-refractivity contribution in [3.63, 3.8) is 0 Å². The van der Waals surface area contributed by atoms with Crippen molar-refractivity contribution in [1.82, 2.24) is 4.90 Å². The molecule has 0 bridgehead atoms. The van der Waals surface area contributed by atoms with E-state index in [1.54, 1.807) is 4.90 Å². The molecule has 1 aromatic carbocycles. The van der Waals surface area contributed by atoms with Gasteiger partial charge in [0.1, 0.15) is 0 Å². The molecule has 0 saturated carbocycles. The van der Waals surface area contributed by atoms with Gasteiger partial charge in [0.25, 0.3) is 0 Å². The minimum Gasteiger partial charge on any atom is -0.481 e. The third kappa shape index (κ3) is 3.35. The maximum absolute atomic E-state index is 12.8. The molecule has 2 saturated heterocycles. The fourth-order valence-corrected chi connectivity index (χ4v) is 4.15. The SMILES string of the molecule is CC1CC(C(=O)N2C[C@H](C(=O)O)[C@@H](c3ccc(Br)cc3)C2)C(C)O1. The van der Waals surface area contributed by atoms with Crippen LogP contribution in [0.2, 0.25) is 0 Å². The summed E-state index contributed by atoms with van der Waals surface area (Å²) >= 11 is 3.40. The van der Waals surface area contributed by atoms with Crippen LogP contribution in [0.3, 0.4) is 0 Å². The first-order chi connectivity index (χ1) is 11.4. The van der Waals surface area contributed by atoms with Gasteiger partial charge in [-0.25, -0.2) is 0 Å². The van der Waals surface area contributed by atoms with Crippen LogP contribution in [0, 0.1) is 11.8 Å². The van der Waals surface area contributed by atoms with Crippen molar-refractivity contribution in [2.45, 2.75) is 38.4 Å². The topological polar surface area (TPSA) is 66.8 Å². The number of likely N-dealkylation sites (tertiary alicyclic amines) is 1. The third-order valence-corrected chi connectivity index (χ3v) is 5.69. The van der Waals surface area contributed by atoms with Gasteiger partial charge in [0, 0.05) is 23.5 Å². The van der Waals surface area contributed by atoms with Crippen LogP contribution in [0.4, 0.5) is 0 Å². The second-order valence-electron chi connectivity index (χ2n) is 6.84. The quantitative estimate of drug-likeness (QED) is 0.854. The zero-order chi connectivity index (χ0) is 17.4. The molecule has 130 valence electrons. The number of carbonyl (C=O) groups excluding carboxylic acids is 1. The minimum absolute atomic E-state index is 0.0257. The van der Waals surface area contributed by atoms with E-state index in [-0.39, 0.29) is 36.5 Å². The van der Waals surface area contributed by atoms with Gasteiger partial charge in [-0.15, -0.1) is 0 Å². The van der Waals surface area contributed by atoms with Gasteiger partial charge >= 0.3 is 5.97 Å². The summed E-state index contributed by atoms with van der Waals surface area (Å²) in [5.74, 6) is -1.72. The number of carboxylic acid groups (broad SMARTS) is 1. The Labute approximate surface area is 150 Å². The summed E-state index contributed by atoms with van der Waals surface area (Å²) in [7, 11) is 0. The molecule has 5 atom stereocenters. The van der Waals surface area contributed by atoms with Gasteiger partial charge in [-0.05, 0) is 38.0 Å². The summed E-state index contributed by atoms with van der Waals surface area (Å²) in [5.41, 5.74) is 0.963. The predicted molar refractivity (Wildman–Crippen MR) is 92.7 cm³/mol. The van der Waals surface area contributed by atoms with Gasteiger partial charge in [-0.3, -0.25) is 9.59 Å². The highest BCUT2D eigenvalue weighted by Gasteiger charge is 2.44. The lowest BCUT2D eigenvalue weighted by Gasteiger charge is -2.22. The minimum atomic E-state index is -0.845. The van der Waals surface area contributed by atoms with Crippen LogP contribution >= 0.6 is 15.9 Å². The van der Waals surface area contributed by atoms with E-state index in [1.165, 1.54) is 0 Å². The Morgan fingerprint density at radius 3 is 2.38 bits per heavy atom. The van der Waals surface area contributed by atoms with Crippen LogP contribution in [0.1, 0.15) is 31.7 Å². The highest BCUT2D eigenvalue weighted by molar-refractivity contribution is 9.10. The van der Waals surface area contributed by atoms with Crippen molar-refractivity contribution in [3.8, 4) is 0 Å². The largest absolute Gasteiger partial charge is 0.481 e. The molecule has 2 fully saturated rings. The summed E-state index contributed by atoms with van der Waals surface area (Å²) in [5, 5.41) is 9.59. The zero-order valence-corrected chi connectivity index (χ0v) is 15.4. The highest BCUT2D eigenvalue weighted by atomic mass is 79.9. The van der Waals surface area contributed by atoms with Crippen molar-refractivity contribution in [3.05, 3.63) is 34.3 Å². The molecule has 5 nitrogen and oxygen atoms in total. The molecule has 1 aromatic rings. The average molecular weight is 396 g/mol. The normalized spacial score (nSPS) is 33.0. The smallest absolute Gasteiger partial charge is 0.308 e. The van der Waals surface area contributed by atoms with E-state index in [9.17, 15) is 14.7 Å². The monoisotopic (exact) mass is 395 g/mol. The standard InChI is InChI=1S/C18H22BrNO4/c1-10-7-14(11(2)24-10)17(21)20-8-15(16(9-20)18(22)23)12-3-5-13(19)6-4-12/h3-6,10-11,14-16H,7-9H2,1-2H3,(H,22,23)/t10?,11?,14?,15-,16+/m1/s1. The van der Waals surface area contributed by atoms with E-state index < -0.39 is 11.9 Å². The summed E-state index contributed by atoms with van der Waals surface area (Å²) in [6.07, 6.45) is 0.675. The number of nitrogens with zero attached hydrogens (tertiary/aromatic N) is 1. The van der Waals surface area contributed by atoms with E-state index in [0.717, 1.165) is 10.0 Å². The molecule has 24 heavy (non-hydrogen) atoms. The van der Waals surface area contributed by atoms with Crippen molar-refractivity contribution in [2.75, 3.05) is 13.1 Å². The molecule has 6 heteroatoms. The van der Waals surface area contributed by atoms with Crippen LogP contribution in [0.15, 0.2) is 28.7 Å². The Morgan fingerprint density at radius 2 is 1.83 bits per heavy atom. The first-order valence-corrected chi connectivity index (χ1v) is 9.08. The van der Waals surface area contributed by atoms with Crippen LogP contribution in [-0.4, -0.2) is 47.2 Å². The number of amides is 1. The van der Waals surface area contributed by atoms with E-state index in [0.29, 0.717) is 13.0 Å². The number of hydrogen-bond donors (Lipinski definition) is 1. The molecule has 2 aliphatic rings. The van der Waals surface area contributed by atoms with E-state index in [4.69, 9.17) is 4.74 Å². The lowest BCUT2D eigenvalue weighted by Crippen LogP contribution is -2.37. The van der Waals surface area contributed by atoms with Gasteiger partial charge in [-0.2, -0.15) is 0 Å². The Balaban J connectivity index is 1.78. The van der Waals surface area contributed by atoms with Crippen LogP contribution in [0.25, 0.3) is 0 Å². The molecule has 1 N–H and O–H groups in total. The van der Waals surface area contributed by atoms with E-state index in [2.05, 4.69) is 15.9 Å².